The number of carbonyl (C=O) groups excluding carboxylic acids is 2. The Morgan fingerprint density at radius 2 is 2.03 bits per heavy atom. The average molecular weight is 485 g/mol. The van der Waals surface area contributed by atoms with E-state index in [-0.39, 0.29) is 23.9 Å². The molecule has 2 amide bonds. The number of carbonyl (C=O) groups is 2. The van der Waals surface area contributed by atoms with Crippen LogP contribution in [0.3, 0.4) is 0 Å². The predicted octanol–water partition coefficient (Wildman–Crippen LogP) is 1.74. The second kappa shape index (κ2) is 10.4. The lowest BCUT2D eigenvalue weighted by atomic mass is 10.0. The van der Waals surface area contributed by atoms with E-state index < -0.39 is 0 Å². The molecule has 3 heterocycles. The molecule has 1 aromatic carbocycles. The van der Waals surface area contributed by atoms with E-state index in [9.17, 15) is 9.59 Å². The van der Waals surface area contributed by atoms with Gasteiger partial charge in [0.15, 0.2) is 10.8 Å². The van der Waals surface area contributed by atoms with E-state index in [0.717, 1.165) is 29.0 Å². The predicted molar refractivity (Wildman–Crippen MR) is 133 cm³/mol. The van der Waals surface area contributed by atoms with E-state index in [1.165, 1.54) is 0 Å². The van der Waals surface area contributed by atoms with Crippen molar-refractivity contribution < 1.29 is 14.3 Å². The Hall–Kier alpha value is -3.14. The van der Waals surface area contributed by atoms with Crippen molar-refractivity contribution in [1.82, 2.24) is 30.6 Å². The number of ether oxygens (including phenoxy) is 1. The first-order valence-electron chi connectivity index (χ1n) is 11.7. The van der Waals surface area contributed by atoms with Crippen LogP contribution in [0.1, 0.15) is 54.0 Å². The molecule has 3 N–H and O–H groups in total. The lowest BCUT2D eigenvalue weighted by Crippen LogP contribution is -2.54. The summed E-state index contributed by atoms with van der Waals surface area (Å²) in [5.41, 5.74) is 3.25. The second-order valence-corrected chi connectivity index (χ2v) is 9.25. The third kappa shape index (κ3) is 5.32. The maximum atomic E-state index is 13.1. The molecule has 2 aliphatic heterocycles. The van der Waals surface area contributed by atoms with Crippen molar-refractivity contribution in [2.24, 2.45) is 0 Å². The first-order chi connectivity index (χ1) is 16.4. The van der Waals surface area contributed by atoms with Gasteiger partial charge in [0.1, 0.15) is 5.75 Å². The zero-order valence-corrected chi connectivity index (χ0v) is 20.7. The summed E-state index contributed by atoms with van der Waals surface area (Å²) in [6.45, 7) is 6.15. The van der Waals surface area contributed by atoms with E-state index in [1.807, 2.05) is 40.8 Å². The van der Waals surface area contributed by atoms with Crippen LogP contribution in [-0.2, 0) is 30.8 Å². The first kappa shape index (κ1) is 24.0. The molecule has 0 unspecified atom stereocenters. The summed E-state index contributed by atoms with van der Waals surface area (Å²) in [6, 6.07) is 7.82. The van der Waals surface area contributed by atoms with Crippen molar-refractivity contribution in [2.45, 2.75) is 64.8 Å². The highest BCUT2D eigenvalue weighted by Crippen LogP contribution is 2.24. The zero-order chi connectivity index (χ0) is 24.2. The summed E-state index contributed by atoms with van der Waals surface area (Å²) in [7, 11) is 1.62. The van der Waals surface area contributed by atoms with Crippen LogP contribution in [0, 0.1) is 0 Å². The molecule has 1 aromatic heterocycles. The van der Waals surface area contributed by atoms with Gasteiger partial charge in [0.2, 0.25) is 5.91 Å². The maximum Gasteiger partial charge on any atom is 0.272 e. The number of benzene rings is 1. The van der Waals surface area contributed by atoms with Gasteiger partial charge in [-0.1, -0.05) is 12.1 Å². The van der Waals surface area contributed by atoms with Crippen LogP contribution in [0.2, 0.25) is 0 Å². The van der Waals surface area contributed by atoms with Crippen molar-refractivity contribution in [2.75, 3.05) is 13.7 Å². The molecule has 4 rings (SSSR count). The summed E-state index contributed by atoms with van der Waals surface area (Å²) in [4.78, 5) is 28.0. The molecule has 0 bridgehead atoms. The quantitative estimate of drug-likeness (QED) is 0.515. The van der Waals surface area contributed by atoms with Gasteiger partial charge in [-0.15, -0.1) is 0 Å². The number of fused-ring (bicyclic) bond motifs is 1. The molecule has 2 aromatic rings. The summed E-state index contributed by atoms with van der Waals surface area (Å²) in [5.74, 6) is 0.605. The average Bonchev–Trinajstić information content (AvgIpc) is 3.20. The van der Waals surface area contributed by atoms with Crippen LogP contribution in [-0.4, -0.2) is 57.3 Å². The number of rotatable bonds is 7. The van der Waals surface area contributed by atoms with Gasteiger partial charge in [-0.3, -0.25) is 14.3 Å². The van der Waals surface area contributed by atoms with Gasteiger partial charge in [0, 0.05) is 62.4 Å². The summed E-state index contributed by atoms with van der Waals surface area (Å²) in [6.07, 6.45) is 1.89. The van der Waals surface area contributed by atoms with Crippen molar-refractivity contribution in [3.8, 4) is 5.75 Å². The normalized spacial score (nSPS) is 19.6. The van der Waals surface area contributed by atoms with E-state index in [0.29, 0.717) is 49.8 Å². The van der Waals surface area contributed by atoms with Crippen LogP contribution >= 0.6 is 12.2 Å². The van der Waals surface area contributed by atoms with Crippen LogP contribution in [0.25, 0.3) is 0 Å². The minimum Gasteiger partial charge on any atom is -0.497 e. The Balaban J connectivity index is 1.44. The highest BCUT2D eigenvalue weighted by molar-refractivity contribution is 7.80. The molecular formula is C24H32N6O3S. The van der Waals surface area contributed by atoms with Crippen LogP contribution in [0.15, 0.2) is 24.3 Å². The fourth-order valence-electron chi connectivity index (χ4n) is 4.63. The lowest BCUT2D eigenvalue weighted by Gasteiger charge is -2.33. The Morgan fingerprint density at radius 1 is 1.26 bits per heavy atom. The molecule has 1 fully saturated rings. The molecular weight excluding hydrogens is 452 g/mol. The molecule has 1 saturated heterocycles. The molecule has 0 aliphatic carbocycles. The smallest absolute Gasteiger partial charge is 0.272 e. The zero-order valence-electron chi connectivity index (χ0n) is 19.9. The van der Waals surface area contributed by atoms with E-state index in [4.69, 9.17) is 17.0 Å². The molecule has 34 heavy (non-hydrogen) atoms. The standard InChI is InChI=1S/C24H32N6O3S/c1-4-30-20-9-10-29(21(31)12-17-11-15(2)26-24(34)27-17)14-19(20)22(28-30)23(32)25-13-16-5-7-18(33-3)8-6-16/h5-8,15,17H,4,9-14H2,1-3H3,(H,25,32)(H2,26,27,34)/t15-,17+/m1/s1. The highest BCUT2D eigenvalue weighted by Gasteiger charge is 2.31. The third-order valence-corrected chi connectivity index (χ3v) is 6.62. The first-order valence-corrected chi connectivity index (χ1v) is 12.1. The van der Waals surface area contributed by atoms with Gasteiger partial charge in [-0.25, -0.2) is 0 Å². The molecule has 9 nitrogen and oxygen atoms in total. The number of aryl methyl sites for hydroxylation is 1. The Morgan fingerprint density at radius 3 is 2.71 bits per heavy atom. The highest BCUT2D eigenvalue weighted by atomic mass is 32.1. The van der Waals surface area contributed by atoms with Gasteiger partial charge < -0.3 is 25.6 Å². The molecule has 2 aliphatic rings. The monoisotopic (exact) mass is 484 g/mol. The topological polar surface area (TPSA) is 101 Å². The van der Waals surface area contributed by atoms with Crippen molar-refractivity contribution in [3.63, 3.8) is 0 Å². The van der Waals surface area contributed by atoms with Gasteiger partial charge in [-0.2, -0.15) is 5.10 Å². The minimum absolute atomic E-state index is 0.0169. The van der Waals surface area contributed by atoms with E-state index in [1.54, 1.807) is 7.11 Å². The molecule has 182 valence electrons. The van der Waals surface area contributed by atoms with E-state index in [2.05, 4.69) is 28.0 Å². The fraction of sp³-hybridized carbons (Fsp3) is 0.500. The number of hydrogen-bond acceptors (Lipinski definition) is 5. The van der Waals surface area contributed by atoms with Crippen LogP contribution in [0.4, 0.5) is 0 Å². The summed E-state index contributed by atoms with van der Waals surface area (Å²) in [5, 5.41) is 14.5. The fourth-order valence-corrected chi connectivity index (χ4v) is 4.99. The summed E-state index contributed by atoms with van der Waals surface area (Å²) < 4.78 is 7.07. The SMILES string of the molecule is CCn1nc(C(=O)NCc2ccc(OC)cc2)c2c1CCN(C(=O)C[C@@H]1C[C@@H](C)NC(=S)N1)C2. The third-order valence-electron chi connectivity index (χ3n) is 6.39. The molecule has 0 spiro atoms. The Bertz CT molecular complexity index is 1070. The molecule has 2 atom stereocenters. The van der Waals surface area contributed by atoms with Gasteiger partial charge in [0.25, 0.3) is 5.91 Å². The molecule has 10 heteroatoms. The number of nitrogens with one attached hydrogen (secondary N) is 3. The van der Waals surface area contributed by atoms with Crippen molar-refractivity contribution in [1.29, 1.82) is 0 Å². The summed E-state index contributed by atoms with van der Waals surface area (Å²) >= 11 is 5.25. The molecule has 0 radical (unpaired) electrons. The number of thiocarbonyl (C=S) groups is 1. The van der Waals surface area contributed by atoms with Crippen LogP contribution in [0.5, 0.6) is 5.75 Å². The second-order valence-electron chi connectivity index (χ2n) is 8.84. The van der Waals surface area contributed by atoms with Gasteiger partial charge in [-0.05, 0) is 50.2 Å². The largest absolute Gasteiger partial charge is 0.497 e. The lowest BCUT2D eigenvalue weighted by molar-refractivity contribution is -0.132. The number of methoxy groups -OCH3 is 1. The van der Waals surface area contributed by atoms with E-state index >= 15 is 0 Å². The minimum atomic E-state index is -0.229. The Labute approximate surface area is 205 Å². The number of amides is 2. The van der Waals surface area contributed by atoms with Crippen LogP contribution < -0.4 is 20.7 Å². The Kier molecular flexibility index (Phi) is 7.35. The van der Waals surface area contributed by atoms with Gasteiger partial charge >= 0.3 is 0 Å². The number of nitrogens with zero attached hydrogens (tertiary/aromatic N) is 3. The van der Waals surface area contributed by atoms with Crippen molar-refractivity contribution in [3.05, 3.63) is 46.8 Å². The van der Waals surface area contributed by atoms with Crippen molar-refractivity contribution >= 4 is 29.1 Å². The number of hydrogen-bond donors (Lipinski definition) is 3. The molecule has 0 saturated carbocycles. The van der Waals surface area contributed by atoms with Gasteiger partial charge in [0.05, 0.1) is 7.11 Å². The maximum absolute atomic E-state index is 13.1. The number of aromatic nitrogens is 2.